The van der Waals surface area contributed by atoms with Crippen LogP contribution < -0.4 is 0 Å². The Hall–Kier alpha value is -2.56. The van der Waals surface area contributed by atoms with Crippen LogP contribution in [0.4, 0.5) is 0 Å². The minimum Gasteiger partial charge on any atom is -0.298 e. The summed E-state index contributed by atoms with van der Waals surface area (Å²) >= 11 is 0. The Balaban J connectivity index is 2.27. The Morgan fingerprint density at radius 3 is 2.82 bits per heavy atom. The summed E-state index contributed by atoms with van der Waals surface area (Å²) in [6, 6.07) is 9.03. The molecule has 0 bridgehead atoms. The van der Waals surface area contributed by atoms with E-state index in [1.54, 1.807) is 28.9 Å². The molecule has 0 aliphatic heterocycles. The Labute approximate surface area is 96.8 Å². The summed E-state index contributed by atoms with van der Waals surface area (Å²) in [7, 11) is 0. The molecule has 3 aromatic rings. The van der Waals surface area contributed by atoms with Crippen molar-refractivity contribution in [3.05, 3.63) is 48.3 Å². The Morgan fingerprint density at radius 1 is 1.12 bits per heavy atom. The third-order valence-electron chi connectivity index (χ3n) is 2.46. The predicted molar refractivity (Wildman–Crippen MR) is 61.6 cm³/mol. The number of rotatable bonds is 2. The van der Waals surface area contributed by atoms with Crippen LogP contribution in [0, 0.1) is 0 Å². The lowest BCUT2D eigenvalue weighted by molar-refractivity contribution is 0.112. The van der Waals surface area contributed by atoms with E-state index in [4.69, 9.17) is 0 Å². The highest BCUT2D eigenvalue weighted by molar-refractivity contribution is 5.75. The number of nitrogens with zero attached hydrogens (tertiary/aromatic N) is 4. The van der Waals surface area contributed by atoms with Crippen LogP contribution in [-0.4, -0.2) is 25.9 Å². The third kappa shape index (κ3) is 1.57. The van der Waals surface area contributed by atoms with Crippen LogP contribution in [0.5, 0.6) is 0 Å². The molecule has 0 radical (unpaired) electrons. The van der Waals surface area contributed by atoms with Gasteiger partial charge in [-0.05, 0) is 24.3 Å². The Morgan fingerprint density at radius 2 is 2.06 bits per heavy atom. The summed E-state index contributed by atoms with van der Waals surface area (Å²) in [4.78, 5) is 15.0. The van der Waals surface area contributed by atoms with E-state index in [1.807, 2.05) is 18.2 Å². The first-order chi connectivity index (χ1) is 8.38. The van der Waals surface area contributed by atoms with Crippen LogP contribution in [0.25, 0.3) is 17.2 Å². The quantitative estimate of drug-likeness (QED) is 0.620. The molecule has 3 aromatic heterocycles. The van der Waals surface area contributed by atoms with Gasteiger partial charge in [0.1, 0.15) is 5.69 Å². The van der Waals surface area contributed by atoms with Crippen molar-refractivity contribution in [1.82, 2.24) is 19.6 Å². The van der Waals surface area contributed by atoms with Crippen LogP contribution in [0.1, 0.15) is 10.4 Å². The standard InChI is InChI=1S/C12H8N4O/c17-8-9-4-5-11-14-15-12(16(11)7-9)10-3-1-2-6-13-10/h1-8H. The number of carbonyl (C=O) groups excluding carboxylic acids is 1. The number of pyridine rings is 2. The smallest absolute Gasteiger partial charge is 0.187 e. The number of hydrogen-bond acceptors (Lipinski definition) is 4. The number of aromatic nitrogens is 4. The van der Waals surface area contributed by atoms with Gasteiger partial charge in [0.05, 0.1) is 0 Å². The highest BCUT2D eigenvalue weighted by Gasteiger charge is 2.08. The van der Waals surface area contributed by atoms with Crippen LogP contribution in [-0.2, 0) is 0 Å². The van der Waals surface area contributed by atoms with Gasteiger partial charge in [0.25, 0.3) is 0 Å². The van der Waals surface area contributed by atoms with Gasteiger partial charge >= 0.3 is 0 Å². The minimum atomic E-state index is 0.578. The molecule has 0 unspecified atom stereocenters. The largest absolute Gasteiger partial charge is 0.298 e. The summed E-state index contributed by atoms with van der Waals surface area (Å²) in [6.45, 7) is 0. The second-order valence-electron chi connectivity index (χ2n) is 3.55. The average Bonchev–Trinajstić information content (AvgIpc) is 2.82. The summed E-state index contributed by atoms with van der Waals surface area (Å²) in [6.07, 6.45) is 4.19. The summed E-state index contributed by atoms with van der Waals surface area (Å²) in [5, 5.41) is 8.10. The first-order valence-corrected chi connectivity index (χ1v) is 5.10. The summed E-state index contributed by atoms with van der Waals surface area (Å²) in [5.74, 6) is 0.629. The molecule has 0 saturated carbocycles. The summed E-state index contributed by atoms with van der Waals surface area (Å²) < 4.78 is 1.76. The molecule has 0 spiro atoms. The average molecular weight is 224 g/mol. The molecule has 5 heteroatoms. The number of aldehydes is 1. The zero-order valence-corrected chi connectivity index (χ0v) is 8.82. The van der Waals surface area contributed by atoms with Crippen molar-refractivity contribution in [2.75, 3.05) is 0 Å². The first-order valence-electron chi connectivity index (χ1n) is 5.10. The maximum absolute atomic E-state index is 10.8. The van der Waals surface area contributed by atoms with Gasteiger partial charge < -0.3 is 0 Å². The minimum absolute atomic E-state index is 0.578. The van der Waals surface area contributed by atoms with Gasteiger partial charge in [-0.3, -0.25) is 14.2 Å². The lowest BCUT2D eigenvalue weighted by atomic mass is 10.3. The second kappa shape index (κ2) is 3.79. The highest BCUT2D eigenvalue weighted by atomic mass is 16.1. The Kier molecular flexibility index (Phi) is 2.15. The molecule has 0 fully saturated rings. The van der Waals surface area contributed by atoms with Gasteiger partial charge in [-0.2, -0.15) is 0 Å². The molecule has 0 aromatic carbocycles. The Bertz CT molecular complexity index is 675. The van der Waals surface area contributed by atoms with E-state index in [1.165, 1.54) is 0 Å². The van der Waals surface area contributed by atoms with Gasteiger partial charge in [0.15, 0.2) is 17.8 Å². The summed E-state index contributed by atoms with van der Waals surface area (Å²) in [5.41, 5.74) is 1.99. The first kappa shape index (κ1) is 9.65. The van der Waals surface area contributed by atoms with E-state index in [0.29, 0.717) is 17.0 Å². The number of hydrogen-bond donors (Lipinski definition) is 0. The fraction of sp³-hybridized carbons (Fsp3) is 0. The molecule has 0 aliphatic carbocycles. The topological polar surface area (TPSA) is 60.2 Å². The van der Waals surface area contributed by atoms with E-state index in [2.05, 4.69) is 15.2 Å². The normalized spacial score (nSPS) is 10.6. The van der Waals surface area contributed by atoms with Crippen LogP contribution in [0.15, 0.2) is 42.7 Å². The molecular weight excluding hydrogens is 216 g/mol. The monoisotopic (exact) mass is 224 g/mol. The molecule has 0 aliphatic rings. The van der Waals surface area contributed by atoms with E-state index < -0.39 is 0 Å². The SMILES string of the molecule is O=Cc1ccc2nnc(-c3ccccn3)n2c1. The van der Waals surface area contributed by atoms with E-state index in [0.717, 1.165) is 12.0 Å². The lowest BCUT2D eigenvalue weighted by Crippen LogP contribution is -1.93. The zero-order valence-electron chi connectivity index (χ0n) is 8.82. The molecule has 0 saturated heterocycles. The molecule has 3 heterocycles. The highest BCUT2D eigenvalue weighted by Crippen LogP contribution is 2.15. The molecule has 17 heavy (non-hydrogen) atoms. The lowest BCUT2D eigenvalue weighted by Gasteiger charge is -1.99. The number of fused-ring (bicyclic) bond motifs is 1. The van der Waals surface area contributed by atoms with Crippen LogP contribution in [0.3, 0.4) is 0 Å². The fourth-order valence-electron chi connectivity index (χ4n) is 1.65. The van der Waals surface area contributed by atoms with E-state index in [-0.39, 0.29) is 0 Å². The molecule has 3 rings (SSSR count). The maximum Gasteiger partial charge on any atom is 0.187 e. The van der Waals surface area contributed by atoms with Crippen LogP contribution >= 0.6 is 0 Å². The van der Waals surface area contributed by atoms with Crippen molar-refractivity contribution in [2.24, 2.45) is 0 Å². The van der Waals surface area contributed by atoms with Crippen LogP contribution in [0.2, 0.25) is 0 Å². The van der Waals surface area contributed by atoms with Crippen molar-refractivity contribution in [3.63, 3.8) is 0 Å². The van der Waals surface area contributed by atoms with Gasteiger partial charge in [-0.15, -0.1) is 10.2 Å². The third-order valence-corrected chi connectivity index (χ3v) is 2.46. The van der Waals surface area contributed by atoms with Crippen molar-refractivity contribution in [2.45, 2.75) is 0 Å². The van der Waals surface area contributed by atoms with Gasteiger partial charge in [0, 0.05) is 18.0 Å². The predicted octanol–water partition coefficient (Wildman–Crippen LogP) is 1.60. The molecule has 0 atom stereocenters. The van der Waals surface area contributed by atoms with Gasteiger partial charge in [-0.1, -0.05) is 6.07 Å². The molecule has 0 amide bonds. The van der Waals surface area contributed by atoms with E-state index in [9.17, 15) is 4.79 Å². The van der Waals surface area contributed by atoms with Crippen molar-refractivity contribution >= 4 is 11.9 Å². The van der Waals surface area contributed by atoms with Crippen molar-refractivity contribution in [3.8, 4) is 11.5 Å². The van der Waals surface area contributed by atoms with Gasteiger partial charge in [-0.25, -0.2) is 0 Å². The fourth-order valence-corrected chi connectivity index (χ4v) is 1.65. The maximum atomic E-state index is 10.8. The zero-order chi connectivity index (χ0) is 11.7. The molecule has 82 valence electrons. The molecule has 0 N–H and O–H groups in total. The van der Waals surface area contributed by atoms with E-state index >= 15 is 0 Å². The molecular formula is C12H8N4O. The van der Waals surface area contributed by atoms with Crippen molar-refractivity contribution in [1.29, 1.82) is 0 Å². The number of carbonyl (C=O) groups is 1. The van der Waals surface area contributed by atoms with Gasteiger partial charge in [0.2, 0.25) is 0 Å². The second-order valence-corrected chi connectivity index (χ2v) is 3.55. The van der Waals surface area contributed by atoms with Crippen molar-refractivity contribution < 1.29 is 4.79 Å². The molecule has 5 nitrogen and oxygen atoms in total.